The van der Waals surface area contributed by atoms with Crippen molar-refractivity contribution in [3.63, 3.8) is 0 Å². The lowest BCUT2D eigenvalue weighted by atomic mass is 9.94. The Labute approximate surface area is 119 Å². The molecule has 1 aliphatic carbocycles. The second-order valence-corrected chi connectivity index (χ2v) is 5.14. The first-order chi connectivity index (χ1) is 8.58. The van der Waals surface area contributed by atoms with Crippen molar-refractivity contribution < 1.29 is 9.32 Å². The molecule has 1 amide bonds. The Balaban J connectivity index is 0.00000180. The summed E-state index contributed by atoms with van der Waals surface area (Å²) in [5.41, 5.74) is 6.15. The quantitative estimate of drug-likeness (QED) is 0.840. The van der Waals surface area contributed by atoms with E-state index in [4.69, 9.17) is 10.3 Å². The third-order valence-corrected chi connectivity index (χ3v) is 3.75. The van der Waals surface area contributed by atoms with Crippen molar-refractivity contribution in [2.45, 2.75) is 51.0 Å². The fraction of sp³-hybridized carbons (Fsp3) is 0.692. The lowest BCUT2D eigenvalue weighted by Gasteiger charge is -2.26. The molecule has 1 aromatic heterocycles. The second-order valence-electron chi connectivity index (χ2n) is 5.14. The molecule has 6 heteroatoms. The predicted octanol–water partition coefficient (Wildman–Crippen LogP) is 2.22. The molecular weight excluding hydrogens is 266 g/mol. The number of rotatable bonds is 6. The number of nitrogens with zero attached hydrogens (tertiary/aromatic N) is 1. The van der Waals surface area contributed by atoms with Crippen LogP contribution >= 0.6 is 12.4 Å². The average molecular weight is 288 g/mol. The third-order valence-electron chi connectivity index (χ3n) is 3.75. The number of amides is 1. The molecule has 0 aliphatic heterocycles. The SMILES string of the molecule is CCC(N)(CC)CNC(=O)c1cc(C2CC2)on1.Cl. The highest BCUT2D eigenvalue weighted by Crippen LogP contribution is 2.40. The summed E-state index contributed by atoms with van der Waals surface area (Å²) in [5.74, 6) is 1.09. The maximum Gasteiger partial charge on any atom is 0.273 e. The monoisotopic (exact) mass is 287 g/mol. The van der Waals surface area contributed by atoms with E-state index in [1.807, 2.05) is 13.8 Å². The molecule has 108 valence electrons. The highest BCUT2D eigenvalue weighted by atomic mass is 35.5. The van der Waals surface area contributed by atoms with Crippen LogP contribution in [0, 0.1) is 0 Å². The summed E-state index contributed by atoms with van der Waals surface area (Å²) in [4.78, 5) is 11.9. The number of nitrogens with two attached hydrogens (primary N) is 1. The van der Waals surface area contributed by atoms with Crippen molar-refractivity contribution in [1.82, 2.24) is 10.5 Å². The number of halogens is 1. The molecule has 1 aliphatic rings. The molecule has 19 heavy (non-hydrogen) atoms. The van der Waals surface area contributed by atoms with Gasteiger partial charge in [-0.05, 0) is 25.7 Å². The summed E-state index contributed by atoms with van der Waals surface area (Å²) in [6.45, 7) is 4.51. The minimum atomic E-state index is -0.335. The van der Waals surface area contributed by atoms with Crippen LogP contribution in [-0.2, 0) is 0 Å². The van der Waals surface area contributed by atoms with Crippen LogP contribution in [0.15, 0.2) is 10.6 Å². The summed E-state index contributed by atoms with van der Waals surface area (Å²) >= 11 is 0. The predicted molar refractivity (Wildman–Crippen MR) is 75.6 cm³/mol. The fourth-order valence-electron chi connectivity index (χ4n) is 1.80. The van der Waals surface area contributed by atoms with Gasteiger partial charge in [0.2, 0.25) is 0 Å². The van der Waals surface area contributed by atoms with Crippen molar-refractivity contribution in [2.75, 3.05) is 6.54 Å². The van der Waals surface area contributed by atoms with E-state index >= 15 is 0 Å². The lowest BCUT2D eigenvalue weighted by Crippen LogP contribution is -2.49. The highest BCUT2D eigenvalue weighted by molar-refractivity contribution is 5.92. The smallest absolute Gasteiger partial charge is 0.273 e. The van der Waals surface area contributed by atoms with Gasteiger partial charge in [-0.3, -0.25) is 4.79 Å². The molecule has 0 spiro atoms. The minimum Gasteiger partial charge on any atom is -0.360 e. The Hall–Kier alpha value is -1.07. The van der Waals surface area contributed by atoms with Crippen LogP contribution in [0.3, 0.4) is 0 Å². The van der Waals surface area contributed by atoms with Crippen molar-refractivity contribution in [3.8, 4) is 0 Å². The molecule has 0 unspecified atom stereocenters. The van der Waals surface area contributed by atoms with E-state index in [-0.39, 0.29) is 23.9 Å². The largest absolute Gasteiger partial charge is 0.360 e. The average Bonchev–Trinajstić information content (AvgIpc) is 3.13. The van der Waals surface area contributed by atoms with Crippen LogP contribution in [0.1, 0.15) is 61.7 Å². The van der Waals surface area contributed by atoms with Gasteiger partial charge in [-0.2, -0.15) is 0 Å². The van der Waals surface area contributed by atoms with E-state index in [1.165, 1.54) is 0 Å². The van der Waals surface area contributed by atoms with Gasteiger partial charge in [0.05, 0.1) is 0 Å². The van der Waals surface area contributed by atoms with Crippen LogP contribution in [0.5, 0.6) is 0 Å². The van der Waals surface area contributed by atoms with Crippen molar-refractivity contribution in [2.24, 2.45) is 5.73 Å². The number of nitrogens with one attached hydrogen (secondary N) is 1. The molecule has 0 radical (unpaired) electrons. The van der Waals surface area contributed by atoms with Gasteiger partial charge in [0.25, 0.3) is 5.91 Å². The second kappa shape index (κ2) is 6.39. The van der Waals surface area contributed by atoms with E-state index in [2.05, 4.69) is 10.5 Å². The number of hydrogen-bond acceptors (Lipinski definition) is 4. The zero-order chi connectivity index (χ0) is 13.2. The normalized spacial score (nSPS) is 14.9. The van der Waals surface area contributed by atoms with Crippen LogP contribution < -0.4 is 11.1 Å². The first-order valence-electron chi connectivity index (χ1n) is 6.61. The molecule has 1 heterocycles. The van der Waals surface area contributed by atoms with E-state index in [0.717, 1.165) is 31.4 Å². The van der Waals surface area contributed by atoms with E-state index in [9.17, 15) is 4.79 Å². The molecule has 1 fully saturated rings. The standard InChI is InChI=1S/C13H21N3O2.ClH/c1-3-13(14,4-2)8-15-12(17)10-7-11(18-16-10)9-5-6-9;/h7,9H,3-6,8,14H2,1-2H3,(H,15,17);1H. The minimum absolute atomic E-state index is 0. The zero-order valence-electron chi connectivity index (χ0n) is 11.4. The van der Waals surface area contributed by atoms with E-state index in [1.54, 1.807) is 6.07 Å². The summed E-state index contributed by atoms with van der Waals surface area (Å²) < 4.78 is 5.15. The summed E-state index contributed by atoms with van der Waals surface area (Å²) in [6, 6.07) is 1.74. The molecule has 0 saturated heterocycles. The molecule has 0 bridgehead atoms. The van der Waals surface area contributed by atoms with Gasteiger partial charge in [0.1, 0.15) is 5.76 Å². The Morgan fingerprint density at radius 3 is 2.68 bits per heavy atom. The Morgan fingerprint density at radius 2 is 2.16 bits per heavy atom. The molecule has 1 saturated carbocycles. The van der Waals surface area contributed by atoms with Gasteiger partial charge < -0.3 is 15.6 Å². The van der Waals surface area contributed by atoms with Gasteiger partial charge in [0, 0.05) is 24.1 Å². The van der Waals surface area contributed by atoms with Gasteiger partial charge in [-0.15, -0.1) is 12.4 Å². The van der Waals surface area contributed by atoms with Gasteiger partial charge in [-0.25, -0.2) is 0 Å². The van der Waals surface area contributed by atoms with Crippen molar-refractivity contribution in [1.29, 1.82) is 0 Å². The topological polar surface area (TPSA) is 81.1 Å². The Kier molecular flexibility index (Phi) is 5.38. The van der Waals surface area contributed by atoms with Crippen LogP contribution in [0.2, 0.25) is 0 Å². The molecule has 1 aromatic rings. The number of aromatic nitrogens is 1. The van der Waals surface area contributed by atoms with Gasteiger partial charge in [-0.1, -0.05) is 19.0 Å². The number of carbonyl (C=O) groups is 1. The molecule has 0 atom stereocenters. The fourth-order valence-corrected chi connectivity index (χ4v) is 1.80. The maximum atomic E-state index is 11.9. The summed E-state index contributed by atoms with van der Waals surface area (Å²) in [7, 11) is 0. The lowest BCUT2D eigenvalue weighted by molar-refractivity contribution is 0.0933. The van der Waals surface area contributed by atoms with Gasteiger partial charge >= 0.3 is 0 Å². The van der Waals surface area contributed by atoms with E-state index < -0.39 is 0 Å². The maximum absolute atomic E-state index is 11.9. The highest BCUT2D eigenvalue weighted by Gasteiger charge is 2.29. The summed E-state index contributed by atoms with van der Waals surface area (Å²) in [5, 5.41) is 6.63. The van der Waals surface area contributed by atoms with Crippen LogP contribution in [0.25, 0.3) is 0 Å². The zero-order valence-corrected chi connectivity index (χ0v) is 12.3. The van der Waals surface area contributed by atoms with Gasteiger partial charge in [0.15, 0.2) is 5.69 Å². The third kappa shape index (κ3) is 3.94. The number of hydrogen-bond donors (Lipinski definition) is 2. The molecule has 3 N–H and O–H groups in total. The Morgan fingerprint density at radius 1 is 1.53 bits per heavy atom. The number of carbonyl (C=O) groups excluding carboxylic acids is 1. The van der Waals surface area contributed by atoms with Crippen LogP contribution in [0.4, 0.5) is 0 Å². The first-order valence-corrected chi connectivity index (χ1v) is 6.61. The van der Waals surface area contributed by atoms with Crippen LogP contribution in [-0.4, -0.2) is 23.1 Å². The van der Waals surface area contributed by atoms with E-state index in [0.29, 0.717) is 18.2 Å². The molecule has 2 rings (SSSR count). The molecule has 0 aromatic carbocycles. The summed E-state index contributed by atoms with van der Waals surface area (Å²) in [6.07, 6.45) is 3.92. The Bertz CT molecular complexity index is 425. The molecular formula is C13H22ClN3O2. The van der Waals surface area contributed by atoms with Crippen molar-refractivity contribution in [3.05, 3.63) is 17.5 Å². The first kappa shape index (κ1) is 16.0. The van der Waals surface area contributed by atoms with Crippen molar-refractivity contribution >= 4 is 18.3 Å². The molecule has 5 nitrogen and oxygen atoms in total.